The van der Waals surface area contributed by atoms with E-state index in [2.05, 4.69) is 92.2 Å². The zero-order valence-corrected chi connectivity index (χ0v) is 24.0. The summed E-state index contributed by atoms with van der Waals surface area (Å²) in [6.45, 7) is 8.17. The molecule has 0 bridgehead atoms. The van der Waals surface area contributed by atoms with Gasteiger partial charge in [-0.3, -0.25) is 0 Å². The molecule has 2 aromatic carbocycles. The monoisotopic (exact) mass is 500 g/mol. The number of nitrogens with zero attached hydrogens (tertiary/aromatic N) is 2. The SMILES string of the molecule is CCCCCCCCCCC(c1nccn1CCCCCC)C(C)(Cc1ccccc1)c1ccccc1. The summed E-state index contributed by atoms with van der Waals surface area (Å²) in [5, 5.41) is 0. The molecule has 0 aliphatic heterocycles. The number of hydrogen-bond donors (Lipinski definition) is 0. The Morgan fingerprint density at radius 2 is 1.27 bits per heavy atom. The molecule has 2 atom stereocenters. The van der Waals surface area contributed by atoms with Crippen molar-refractivity contribution in [3.05, 3.63) is 90.0 Å². The summed E-state index contributed by atoms with van der Waals surface area (Å²) in [6, 6.07) is 22.4. The van der Waals surface area contributed by atoms with E-state index >= 15 is 0 Å². The first-order valence-corrected chi connectivity index (χ1v) is 15.3. The van der Waals surface area contributed by atoms with Gasteiger partial charge in [0.25, 0.3) is 0 Å². The zero-order valence-electron chi connectivity index (χ0n) is 24.0. The summed E-state index contributed by atoms with van der Waals surface area (Å²) in [6.07, 6.45) is 22.5. The third-order valence-corrected chi connectivity index (χ3v) is 8.27. The van der Waals surface area contributed by atoms with Crippen molar-refractivity contribution in [1.82, 2.24) is 9.55 Å². The van der Waals surface area contributed by atoms with Crippen LogP contribution in [0.25, 0.3) is 0 Å². The van der Waals surface area contributed by atoms with Crippen molar-refractivity contribution in [2.45, 2.75) is 129 Å². The topological polar surface area (TPSA) is 17.8 Å². The molecule has 1 aromatic heterocycles. The molecular weight excluding hydrogens is 448 g/mol. The molecule has 0 spiro atoms. The summed E-state index contributed by atoms with van der Waals surface area (Å²) >= 11 is 0. The first-order chi connectivity index (χ1) is 18.2. The van der Waals surface area contributed by atoms with Crippen LogP contribution in [0.4, 0.5) is 0 Å². The standard InChI is InChI=1S/C35H52N2/c1-4-6-8-10-11-12-13-20-26-33(34-36-27-29-37(34)28-21-9-7-5-2)35(3,32-24-18-15-19-25-32)30-31-22-16-14-17-23-31/h14-19,22-25,27,29,33H,4-13,20-21,26,28,30H2,1-3H3. The number of unbranched alkanes of at least 4 members (excludes halogenated alkanes) is 10. The van der Waals surface area contributed by atoms with Gasteiger partial charge >= 0.3 is 0 Å². The summed E-state index contributed by atoms with van der Waals surface area (Å²) < 4.78 is 2.48. The highest BCUT2D eigenvalue weighted by molar-refractivity contribution is 5.33. The van der Waals surface area contributed by atoms with Gasteiger partial charge in [-0.05, 0) is 30.4 Å². The minimum Gasteiger partial charge on any atom is -0.335 e. The number of hydrogen-bond acceptors (Lipinski definition) is 1. The van der Waals surface area contributed by atoms with Crippen molar-refractivity contribution < 1.29 is 0 Å². The molecule has 2 unspecified atom stereocenters. The van der Waals surface area contributed by atoms with Crippen molar-refractivity contribution in [2.75, 3.05) is 0 Å². The van der Waals surface area contributed by atoms with Crippen LogP contribution in [-0.4, -0.2) is 9.55 Å². The van der Waals surface area contributed by atoms with Gasteiger partial charge in [-0.1, -0.05) is 152 Å². The molecule has 37 heavy (non-hydrogen) atoms. The van der Waals surface area contributed by atoms with E-state index in [0.717, 1.165) is 13.0 Å². The second kappa shape index (κ2) is 16.5. The highest BCUT2D eigenvalue weighted by Crippen LogP contribution is 2.44. The van der Waals surface area contributed by atoms with Crippen LogP contribution in [0, 0.1) is 0 Å². The van der Waals surface area contributed by atoms with Gasteiger partial charge in [0.15, 0.2) is 0 Å². The molecule has 2 nitrogen and oxygen atoms in total. The number of aromatic nitrogens is 2. The highest BCUT2D eigenvalue weighted by atomic mass is 15.1. The fraction of sp³-hybridized carbons (Fsp3) is 0.571. The molecule has 0 amide bonds. The van der Waals surface area contributed by atoms with Gasteiger partial charge in [0.2, 0.25) is 0 Å². The molecule has 0 aliphatic carbocycles. The van der Waals surface area contributed by atoms with Crippen LogP contribution in [-0.2, 0) is 18.4 Å². The maximum absolute atomic E-state index is 5.06. The Labute approximate surface area is 227 Å². The smallest absolute Gasteiger partial charge is 0.112 e. The fourth-order valence-electron chi connectivity index (χ4n) is 6.01. The number of imidazole rings is 1. The lowest BCUT2D eigenvalue weighted by Gasteiger charge is -2.39. The summed E-state index contributed by atoms with van der Waals surface area (Å²) in [5.74, 6) is 1.68. The molecule has 0 saturated heterocycles. The van der Waals surface area contributed by atoms with Gasteiger partial charge in [-0.2, -0.15) is 0 Å². The molecule has 0 N–H and O–H groups in total. The maximum Gasteiger partial charge on any atom is 0.112 e. The van der Waals surface area contributed by atoms with Gasteiger partial charge in [-0.25, -0.2) is 4.98 Å². The van der Waals surface area contributed by atoms with Crippen LogP contribution < -0.4 is 0 Å². The van der Waals surface area contributed by atoms with Gasteiger partial charge in [0.05, 0.1) is 0 Å². The molecule has 0 aliphatic rings. The number of aryl methyl sites for hydroxylation is 1. The summed E-state index contributed by atoms with van der Waals surface area (Å²) in [7, 11) is 0. The highest BCUT2D eigenvalue weighted by Gasteiger charge is 2.39. The lowest BCUT2D eigenvalue weighted by molar-refractivity contribution is 0.321. The summed E-state index contributed by atoms with van der Waals surface area (Å²) in [5.41, 5.74) is 2.83. The van der Waals surface area contributed by atoms with Crippen LogP contribution in [0.1, 0.15) is 127 Å². The average molecular weight is 501 g/mol. The molecule has 3 rings (SSSR count). The van der Waals surface area contributed by atoms with Crippen molar-refractivity contribution in [2.24, 2.45) is 0 Å². The van der Waals surface area contributed by atoms with Gasteiger partial charge < -0.3 is 4.57 Å². The molecule has 1 heterocycles. The van der Waals surface area contributed by atoms with E-state index in [0.29, 0.717) is 5.92 Å². The Morgan fingerprint density at radius 1 is 0.703 bits per heavy atom. The van der Waals surface area contributed by atoms with E-state index in [1.807, 2.05) is 6.20 Å². The van der Waals surface area contributed by atoms with E-state index in [1.54, 1.807) is 0 Å². The number of benzene rings is 2. The predicted octanol–water partition coefficient (Wildman–Crippen LogP) is 10.3. The van der Waals surface area contributed by atoms with Gasteiger partial charge in [0.1, 0.15) is 5.82 Å². The van der Waals surface area contributed by atoms with E-state index in [9.17, 15) is 0 Å². The third kappa shape index (κ3) is 9.16. The molecule has 0 radical (unpaired) electrons. The molecule has 2 heteroatoms. The zero-order chi connectivity index (χ0) is 26.2. The lowest BCUT2D eigenvalue weighted by Crippen LogP contribution is -2.35. The Bertz CT molecular complexity index is 961. The van der Waals surface area contributed by atoms with Crippen molar-refractivity contribution in [3.8, 4) is 0 Å². The van der Waals surface area contributed by atoms with E-state index < -0.39 is 0 Å². The quantitative estimate of drug-likeness (QED) is 0.150. The van der Waals surface area contributed by atoms with Crippen molar-refractivity contribution in [1.29, 1.82) is 0 Å². The maximum atomic E-state index is 5.06. The van der Waals surface area contributed by atoms with E-state index in [-0.39, 0.29) is 5.41 Å². The Kier molecular flexibility index (Phi) is 13.0. The van der Waals surface area contributed by atoms with Crippen LogP contribution >= 0.6 is 0 Å². The largest absolute Gasteiger partial charge is 0.335 e. The summed E-state index contributed by atoms with van der Waals surface area (Å²) in [4.78, 5) is 5.06. The van der Waals surface area contributed by atoms with Crippen LogP contribution in [0.3, 0.4) is 0 Å². The van der Waals surface area contributed by atoms with Crippen LogP contribution in [0.2, 0.25) is 0 Å². The Hall–Kier alpha value is -2.35. The molecule has 202 valence electrons. The molecule has 3 aromatic rings. The molecule has 0 saturated carbocycles. The molecule has 0 fully saturated rings. The van der Waals surface area contributed by atoms with E-state index in [1.165, 1.54) is 100 Å². The molecular formula is C35H52N2. The second-order valence-corrected chi connectivity index (χ2v) is 11.3. The lowest BCUT2D eigenvalue weighted by atomic mass is 9.66. The first kappa shape index (κ1) is 29.2. The minimum absolute atomic E-state index is 0.0176. The fourth-order valence-corrected chi connectivity index (χ4v) is 6.01. The minimum atomic E-state index is -0.0176. The Balaban J connectivity index is 1.84. The number of rotatable bonds is 19. The van der Waals surface area contributed by atoms with Crippen molar-refractivity contribution in [3.63, 3.8) is 0 Å². The average Bonchev–Trinajstić information content (AvgIpc) is 3.39. The second-order valence-electron chi connectivity index (χ2n) is 11.3. The normalized spacial score (nSPS) is 13.9. The predicted molar refractivity (Wildman–Crippen MR) is 160 cm³/mol. The van der Waals surface area contributed by atoms with Gasteiger partial charge in [0, 0.05) is 30.3 Å². The van der Waals surface area contributed by atoms with Crippen molar-refractivity contribution >= 4 is 0 Å². The van der Waals surface area contributed by atoms with Crippen LogP contribution in [0.5, 0.6) is 0 Å². The van der Waals surface area contributed by atoms with Gasteiger partial charge in [-0.15, -0.1) is 0 Å². The first-order valence-electron chi connectivity index (χ1n) is 15.3. The van der Waals surface area contributed by atoms with E-state index in [4.69, 9.17) is 4.98 Å². The third-order valence-electron chi connectivity index (χ3n) is 8.27. The van der Waals surface area contributed by atoms with Crippen LogP contribution in [0.15, 0.2) is 73.1 Å². The Morgan fingerprint density at radius 3 is 1.92 bits per heavy atom.